The Balaban J connectivity index is 1.35. The predicted octanol–water partition coefficient (Wildman–Crippen LogP) is 1.87. The number of ether oxygens (including phenoxy) is 1. The average molecular weight is 416 g/mol. The predicted molar refractivity (Wildman–Crippen MR) is 108 cm³/mol. The van der Waals surface area contributed by atoms with Crippen LogP contribution in [0.15, 0.2) is 47.4 Å². The van der Waals surface area contributed by atoms with E-state index in [4.69, 9.17) is 4.74 Å². The van der Waals surface area contributed by atoms with Crippen LogP contribution in [0.5, 0.6) is 0 Å². The van der Waals surface area contributed by atoms with Crippen molar-refractivity contribution in [2.45, 2.75) is 18.2 Å². The largest absolute Gasteiger partial charge is 0.455 e. The Morgan fingerprint density at radius 2 is 1.69 bits per heavy atom. The van der Waals surface area contributed by atoms with Gasteiger partial charge in [0.05, 0.1) is 10.8 Å². The van der Waals surface area contributed by atoms with Gasteiger partial charge in [0.25, 0.3) is 5.91 Å². The summed E-state index contributed by atoms with van der Waals surface area (Å²) in [4.78, 5) is 25.8. The van der Waals surface area contributed by atoms with E-state index in [9.17, 15) is 18.0 Å². The monoisotopic (exact) mass is 416 g/mol. The van der Waals surface area contributed by atoms with Crippen LogP contribution in [0.25, 0.3) is 10.8 Å². The van der Waals surface area contributed by atoms with Crippen molar-refractivity contribution < 1.29 is 22.7 Å². The molecule has 0 spiro atoms. The summed E-state index contributed by atoms with van der Waals surface area (Å²) in [6.45, 7) is 2.69. The van der Waals surface area contributed by atoms with Gasteiger partial charge < -0.3 is 9.64 Å². The van der Waals surface area contributed by atoms with Crippen LogP contribution in [0.4, 0.5) is 0 Å². The molecule has 1 amide bonds. The Labute approximate surface area is 170 Å². The molecule has 1 saturated heterocycles. The van der Waals surface area contributed by atoms with Gasteiger partial charge in [0, 0.05) is 26.2 Å². The number of carbonyl (C=O) groups is 2. The summed E-state index contributed by atoms with van der Waals surface area (Å²) in [7, 11) is -3.63. The van der Waals surface area contributed by atoms with E-state index in [1.165, 1.54) is 4.31 Å². The van der Waals surface area contributed by atoms with Crippen molar-refractivity contribution in [1.82, 2.24) is 9.21 Å². The maximum Gasteiger partial charge on any atom is 0.309 e. The van der Waals surface area contributed by atoms with Crippen molar-refractivity contribution in [1.29, 1.82) is 0 Å². The van der Waals surface area contributed by atoms with Gasteiger partial charge in [0.15, 0.2) is 6.61 Å². The Hall–Kier alpha value is -2.45. The molecule has 1 saturated carbocycles. The maximum atomic E-state index is 13.0. The van der Waals surface area contributed by atoms with Crippen LogP contribution in [0.1, 0.15) is 13.3 Å². The number of nitrogens with zero attached hydrogens (tertiary/aromatic N) is 2. The lowest BCUT2D eigenvalue weighted by Crippen LogP contribution is -2.51. The number of sulfonamides is 1. The molecule has 2 aliphatic rings. The van der Waals surface area contributed by atoms with Crippen LogP contribution in [0, 0.1) is 11.8 Å². The topological polar surface area (TPSA) is 84.0 Å². The van der Waals surface area contributed by atoms with Crippen molar-refractivity contribution in [3.8, 4) is 0 Å². The molecule has 1 aliphatic carbocycles. The summed E-state index contributed by atoms with van der Waals surface area (Å²) >= 11 is 0. The molecule has 0 N–H and O–H groups in total. The van der Waals surface area contributed by atoms with Crippen molar-refractivity contribution in [2.75, 3.05) is 32.8 Å². The van der Waals surface area contributed by atoms with E-state index in [0.29, 0.717) is 5.92 Å². The second-order valence-corrected chi connectivity index (χ2v) is 9.66. The molecule has 2 aromatic carbocycles. The number of rotatable bonds is 5. The molecule has 154 valence electrons. The fraction of sp³-hybridized carbons (Fsp3) is 0.429. The zero-order valence-corrected chi connectivity index (χ0v) is 17.1. The third-order valence-corrected chi connectivity index (χ3v) is 7.59. The molecule has 0 radical (unpaired) electrons. The molecule has 4 rings (SSSR count). The Bertz CT molecular complexity index is 1040. The van der Waals surface area contributed by atoms with Crippen molar-refractivity contribution >= 4 is 32.7 Å². The van der Waals surface area contributed by atoms with Gasteiger partial charge in [-0.05, 0) is 35.2 Å². The number of esters is 1. The SMILES string of the molecule is C[C@@H]1C[C@H]1C(=O)OCC(=O)N1CCN(S(=O)(=O)c2ccc3ccccc3c2)CC1. The lowest BCUT2D eigenvalue weighted by molar-refractivity contribution is -0.153. The molecule has 2 atom stereocenters. The fourth-order valence-electron chi connectivity index (χ4n) is 3.64. The highest BCUT2D eigenvalue weighted by atomic mass is 32.2. The highest BCUT2D eigenvalue weighted by Crippen LogP contribution is 2.38. The van der Waals surface area contributed by atoms with E-state index in [1.54, 1.807) is 23.1 Å². The number of benzene rings is 2. The second kappa shape index (κ2) is 7.76. The van der Waals surface area contributed by atoms with Crippen LogP contribution >= 0.6 is 0 Å². The minimum Gasteiger partial charge on any atom is -0.455 e. The quantitative estimate of drug-likeness (QED) is 0.695. The van der Waals surface area contributed by atoms with E-state index < -0.39 is 10.0 Å². The van der Waals surface area contributed by atoms with E-state index in [1.807, 2.05) is 31.2 Å². The number of piperazine rings is 1. The van der Waals surface area contributed by atoms with Crippen LogP contribution in [-0.4, -0.2) is 62.3 Å². The van der Waals surface area contributed by atoms with Gasteiger partial charge >= 0.3 is 5.97 Å². The zero-order valence-electron chi connectivity index (χ0n) is 16.3. The lowest BCUT2D eigenvalue weighted by Gasteiger charge is -2.33. The first-order chi connectivity index (χ1) is 13.9. The normalized spacial score (nSPS) is 22.4. The Morgan fingerprint density at radius 1 is 1.03 bits per heavy atom. The smallest absolute Gasteiger partial charge is 0.309 e. The maximum absolute atomic E-state index is 13.0. The minimum absolute atomic E-state index is 0.0771. The Morgan fingerprint density at radius 3 is 2.34 bits per heavy atom. The van der Waals surface area contributed by atoms with Gasteiger partial charge in [0.2, 0.25) is 10.0 Å². The highest BCUT2D eigenvalue weighted by molar-refractivity contribution is 7.89. The number of amides is 1. The molecule has 7 nitrogen and oxygen atoms in total. The molecule has 2 fully saturated rings. The van der Waals surface area contributed by atoms with E-state index in [2.05, 4.69) is 0 Å². The molecular formula is C21H24N2O5S. The molecule has 0 aromatic heterocycles. The summed E-state index contributed by atoms with van der Waals surface area (Å²) in [6.07, 6.45) is 0.818. The van der Waals surface area contributed by atoms with Crippen LogP contribution in [0.3, 0.4) is 0 Å². The van der Waals surface area contributed by atoms with Crippen molar-refractivity contribution in [2.24, 2.45) is 11.8 Å². The van der Waals surface area contributed by atoms with Crippen molar-refractivity contribution in [3.05, 3.63) is 42.5 Å². The molecule has 29 heavy (non-hydrogen) atoms. The average Bonchev–Trinajstić information content (AvgIpc) is 3.48. The molecule has 1 heterocycles. The summed E-state index contributed by atoms with van der Waals surface area (Å²) in [5, 5.41) is 1.85. The molecular weight excluding hydrogens is 392 g/mol. The first kappa shape index (κ1) is 19.8. The van der Waals surface area contributed by atoms with E-state index in [0.717, 1.165) is 17.2 Å². The molecule has 8 heteroatoms. The van der Waals surface area contributed by atoms with Gasteiger partial charge in [-0.25, -0.2) is 8.42 Å². The third kappa shape index (κ3) is 4.13. The number of hydrogen-bond acceptors (Lipinski definition) is 5. The summed E-state index contributed by atoms with van der Waals surface area (Å²) < 4.78 is 32.5. The first-order valence-electron chi connectivity index (χ1n) is 9.79. The van der Waals surface area contributed by atoms with Gasteiger partial charge in [-0.15, -0.1) is 0 Å². The first-order valence-corrected chi connectivity index (χ1v) is 11.2. The van der Waals surface area contributed by atoms with Gasteiger partial charge in [-0.1, -0.05) is 37.3 Å². The summed E-state index contributed by atoms with van der Waals surface area (Å²) in [5.74, 6) is -0.342. The van der Waals surface area contributed by atoms with E-state index >= 15 is 0 Å². The third-order valence-electron chi connectivity index (χ3n) is 5.70. The van der Waals surface area contributed by atoms with Crippen LogP contribution < -0.4 is 0 Å². The lowest BCUT2D eigenvalue weighted by atomic mass is 10.1. The van der Waals surface area contributed by atoms with Crippen molar-refractivity contribution in [3.63, 3.8) is 0 Å². The van der Waals surface area contributed by atoms with Gasteiger partial charge in [-0.2, -0.15) is 4.31 Å². The van der Waals surface area contributed by atoms with Gasteiger partial charge in [-0.3, -0.25) is 9.59 Å². The zero-order chi connectivity index (χ0) is 20.6. The van der Waals surface area contributed by atoms with E-state index in [-0.39, 0.29) is 55.5 Å². The minimum atomic E-state index is -3.63. The second-order valence-electron chi connectivity index (χ2n) is 7.72. The summed E-state index contributed by atoms with van der Waals surface area (Å²) in [5.41, 5.74) is 0. The molecule has 2 aromatic rings. The number of fused-ring (bicyclic) bond motifs is 1. The van der Waals surface area contributed by atoms with Crippen LogP contribution in [-0.2, 0) is 24.3 Å². The fourth-order valence-corrected chi connectivity index (χ4v) is 5.09. The van der Waals surface area contributed by atoms with Gasteiger partial charge in [0.1, 0.15) is 0 Å². The number of carbonyl (C=O) groups excluding carboxylic acids is 2. The molecule has 0 bridgehead atoms. The standard InChI is InChI=1S/C21H24N2O5S/c1-15-12-19(15)21(25)28-14-20(24)22-8-10-23(11-9-22)29(26,27)18-7-6-16-4-2-3-5-17(16)13-18/h2-7,13,15,19H,8-12,14H2,1H3/t15-,19-/m1/s1. The Kier molecular flexibility index (Phi) is 5.31. The van der Waals surface area contributed by atoms with Crippen LogP contribution in [0.2, 0.25) is 0 Å². The highest BCUT2D eigenvalue weighted by Gasteiger charge is 2.41. The number of hydrogen-bond donors (Lipinski definition) is 0. The molecule has 0 unspecified atom stereocenters. The summed E-state index contributed by atoms with van der Waals surface area (Å²) in [6, 6.07) is 12.7. The molecule has 1 aliphatic heterocycles.